The van der Waals surface area contributed by atoms with Crippen LogP contribution >= 0.6 is 0 Å². The summed E-state index contributed by atoms with van der Waals surface area (Å²) in [6, 6.07) is 8.34. The molecule has 0 spiro atoms. The zero-order valence-corrected chi connectivity index (χ0v) is 13.2. The van der Waals surface area contributed by atoms with E-state index in [1.165, 1.54) is 0 Å². The maximum absolute atomic E-state index is 11.9. The number of nitrogens with one attached hydrogen (secondary N) is 1. The normalized spacial score (nSPS) is 22.1. The van der Waals surface area contributed by atoms with Crippen molar-refractivity contribution in [1.29, 1.82) is 0 Å². The molecule has 6 heteroatoms. The van der Waals surface area contributed by atoms with Gasteiger partial charge >= 0.3 is 12.1 Å². The predicted octanol–water partition coefficient (Wildman–Crippen LogP) is 2.57. The molecule has 0 heterocycles. The molecule has 1 fully saturated rings. The molecular formula is C17H23NO5. The quantitative estimate of drug-likeness (QED) is 0.841. The van der Waals surface area contributed by atoms with Crippen LogP contribution in [-0.2, 0) is 20.9 Å². The van der Waals surface area contributed by atoms with Crippen LogP contribution in [0.2, 0.25) is 0 Å². The molecule has 1 amide bonds. The Labute approximate surface area is 135 Å². The molecule has 0 radical (unpaired) electrons. The average Bonchev–Trinajstić information content (AvgIpc) is 2.58. The molecule has 1 aromatic carbocycles. The Kier molecular flexibility index (Phi) is 6.40. The summed E-state index contributed by atoms with van der Waals surface area (Å²) in [7, 11) is 1.67. The Bertz CT molecular complexity index is 511. The lowest BCUT2D eigenvalue weighted by Gasteiger charge is -2.31. The molecule has 23 heavy (non-hydrogen) atoms. The van der Waals surface area contributed by atoms with Crippen LogP contribution in [0, 0.1) is 5.92 Å². The lowest BCUT2D eigenvalue weighted by atomic mass is 9.82. The Hall–Kier alpha value is -2.08. The van der Waals surface area contributed by atoms with Crippen molar-refractivity contribution in [2.75, 3.05) is 7.11 Å². The Morgan fingerprint density at radius 1 is 1.22 bits per heavy atom. The summed E-state index contributed by atoms with van der Waals surface area (Å²) < 4.78 is 10.4. The minimum Gasteiger partial charge on any atom is -0.480 e. The zero-order chi connectivity index (χ0) is 16.7. The number of alkyl carbamates (subject to hydrolysis) is 1. The number of hydrogen-bond donors (Lipinski definition) is 2. The molecule has 2 rings (SSSR count). The average molecular weight is 321 g/mol. The third kappa shape index (κ3) is 5.25. The predicted molar refractivity (Wildman–Crippen MR) is 83.9 cm³/mol. The Balaban J connectivity index is 1.84. The van der Waals surface area contributed by atoms with Crippen molar-refractivity contribution in [2.45, 2.75) is 44.4 Å². The minimum absolute atomic E-state index is 0.0943. The smallest absolute Gasteiger partial charge is 0.408 e. The number of hydrogen-bond acceptors (Lipinski definition) is 4. The number of ether oxygens (including phenoxy) is 2. The fourth-order valence-corrected chi connectivity index (χ4v) is 2.93. The molecule has 126 valence electrons. The first-order valence-electron chi connectivity index (χ1n) is 7.83. The molecular weight excluding hydrogens is 298 g/mol. The van der Waals surface area contributed by atoms with Crippen LogP contribution in [0.4, 0.5) is 4.79 Å². The van der Waals surface area contributed by atoms with Crippen LogP contribution in [0.5, 0.6) is 0 Å². The van der Waals surface area contributed by atoms with Crippen molar-refractivity contribution in [1.82, 2.24) is 5.32 Å². The van der Waals surface area contributed by atoms with Gasteiger partial charge in [0.1, 0.15) is 12.6 Å². The number of methoxy groups -OCH3 is 1. The number of carboxylic acid groups (broad SMARTS) is 1. The third-order valence-corrected chi connectivity index (χ3v) is 4.28. The van der Waals surface area contributed by atoms with Crippen molar-refractivity contribution in [3.8, 4) is 0 Å². The summed E-state index contributed by atoms with van der Waals surface area (Å²) in [5.74, 6) is -1.12. The van der Waals surface area contributed by atoms with Gasteiger partial charge in [0, 0.05) is 7.11 Å². The second-order valence-electron chi connectivity index (χ2n) is 5.79. The fraction of sp³-hybridized carbons (Fsp3) is 0.529. The van der Waals surface area contributed by atoms with Gasteiger partial charge < -0.3 is 19.9 Å². The maximum atomic E-state index is 11.9. The molecule has 0 aromatic heterocycles. The molecule has 1 aliphatic carbocycles. The molecule has 0 saturated heterocycles. The molecule has 6 nitrogen and oxygen atoms in total. The summed E-state index contributed by atoms with van der Waals surface area (Å²) in [5, 5.41) is 11.9. The lowest BCUT2D eigenvalue weighted by Crippen LogP contribution is -2.47. The lowest BCUT2D eigenvalue weighted by molar-refractivity contribution is -0.141. The third-order valence-electron chi connectivity index (χ3n) is 4.28. The van der Waals surface area contributed by atoms with E-state index in [9.17, 15) is 14.7 Å². The second-order valence-corrected chi connectivity index (χ2v) is 5.79. The highest BCUT2D eigenvalue weighted by atomic mass is 16.5. The highest BCUT2D eigenvalue weighted by molar-refractivity contribution is 5.80. The van der Waals surface area contributed by atoms with Gasteiger partial charge in [-0.15, -0.1) is 0 Å². The molecule has 1 saturated carbocycles. The molecule has 1 aromatic rings. The van der Waals surface area contributed by atoms with Crippen LogP contribution in [0.1, 0.15) is 31.2 Å². The van der Waals surface area contributed by atoms with E-state index in [4.69, 9.17) is 9.47 Å². The molecule has 2 N–H and O–H groups in total. The van der Waals surface area contributed by atoms with E-state index >= 15 is 0 Å². The summed E-state index contributed by atoms with van der Waals surface area (Å²) in [6.07, 6.45) is 2.54. The molecule has 1 atom stereocenters. The van der Waals surface area contributed by atoms with Gasteiger partial charge in [0.25, 0.3) is 0 Å². The van der Waals surface area contributed by atoms with E-state index in [0.29, 0.717) is 12.8 Å². The van der Waals surface area contributed by atoms with Crippen LogP contribution in [-0.4, -0.2) is 36.4 Å². The van der Waals surface area contributed by atoms with E-state index in [2.05, 4.69) is 5.32 Å². The van der Waals surface area contributed by atoms with Gasteiger partial charge in [-0.1, -0.05) is 30.3 Å². The minimum atomic E-state index is -1.03. The first kappa shape index (κ1) is 17.3. The number of benzene rings is 1. The largest absolute Gasteiger partial charge is 0.480 e. The van der Waals surface area contributed by atoms with E-state index in [0.717, 1.165) is 18.4 Å². The Morgan fingerprint density at radius 2 is 1.87 bits per heavy atom. The fourth-order valence-electron chi connectivity index (χ4n) is 2.93. The molecule has 1 aliphatic rings. The zero-order valence-electron chi connectivity index (χ0n) is 13.2. The molecule has 1 unspecified atom stereocenters. The maximum Gasteiger partial charge on any atom is 0.408 e. The highest BCUT2D eigenvalue weighted by Gasteiger charge is 2.33. The van der Waals surface area contributed by atoms with Crippen LogP contribution < -0.4 is 5.32 Å². The second kappa shape index (κ2) is 8.53. The summed E-state index contributed by atoms with van der Waals surface area (Å²) >= 11 is 0. The van der Waals surface area contributed by atoms with Gasteiger partial charge in [-0.2, -0.15) is 0 Å². The number of carbonyl (C=O) groups is 2. The van der Waals surface area contributed by atoms with Crippen LogP contribution in [0.15, 0.2) is 30.3 Å². The monoisotopic (exact) mass is 321 g/mol. The number of carboxylic acids is 1. The summed E-state index contributed by atoms with van der Waals surface area (Å²) in [4.78, 5) is 23.3. The van der Waals surface area contributed by atoms with Crippen molar-refractivity contribution in [3.05, 3.63) is 35.9 Å². The summed E-state index contributed by atoms with van der Waals surface area (Å²) in [6.45, 7) is 0.120. The van der Waals surface area contributed by atoms with Gasteiger partial charge in [0.2, 0.25) is 0 Å². The van der Waals surface area contributed by atoms with Crippen LogP contribution in [0.3, 0.4) is 0 Å². The van der Waals surface area contributed by atoms with E-state index in [1.54, 1.807) is 7.11 Å². The van der Waals surface area contributed by atoms with Gasteiger partial charge in [-0.25, -0.2) is 9.59 Å². The summed E-state index contributed by atoms with van der Waals surface area (Å²) in [5.41, 5.74) is 0.857. The number of rotatable bonds is 6. The molecule has 0 bridgehead atoms. The number of amides is 1. The Morgan fingerprint density at radius 3 is 2.43 bits per heavy atom. The van der Waals surface area contributed by atoms with Gasteiger partial charge in [-0.3, -0.25) is 0 Å². The van der Waals surface area contributed by atoms with Crippen molar-refractivity contribution in [2.24, 2.45) is 5.92 Å². The first-order valence-corrected chi connectivity index (χ1v) is 7.83. The van der Waals surface area contributed by atoms with Gasteiger partial charge in [-0.05, 0) is 37.2 Å². The van der Waals surface area contributed by atoms with Crippen molar-refractivity contribution in [3.63, 3.8) is 0 Å². The van der Waals surface area contributed by atoms with Crippen LogP contribution in [0.25, 0.3) is 0 Å². The standard InChI is InChI=1S/C17H23NO5/c1-22-14-9-7-13(8-10-14)15(16(19)20)18-17(21)23-11-12-5-3-2-4-6-12/h2-6,13-15H,7-11H2,1H3,(H,18,21)(H,19,20). The van der Waals surface area contributed by atoms with E-state index in [-0.39, 0.29) is 18.6 Å². The van der Waals surface area contributed by atoms with Crippen molar-refractivity contribution >= 4 is 12.1 Å². The molecule has 0 aliphatic heterocycles. The van der Waals surface area contributed by atoms with Gasteiger partial charge in [0.05, 0.1) is 6.10 Å². The number of aliphatic carboxylic acids is 1. The highest BCUT2D eigenvalue weighted by Crippen LogP contribution is 2.28. The van der Waals surface area contributed by atoms with Crippen molar-refractivity contribution < 1.29 is 24.2 Å². The number of carbonyl (C=O) groups excluding carboxylic acids is 1. The first-order chi connectivity index (χ1) is 11.1. The van der Waals surface area contributed by atoms with E-state index in [1.807, 2.05) is 30.3 Å². The SMILES string of the molecule is COC1CCC(C(NC(=O)OCc2ccccc2)C(=O)O)CC1. The van der Waals surface area contributed by atoms with E-state index < -0.39 is 18.1 Å². The van der Waals surface area contributed by atoms with Gasteiger partial charge in [0.15, 0.2) is 0 Å². The topological polar surface area (TPSA) is 84.9 Å².